The Balaban J connectivity index is 2.05. The highest BCUT2D eigenvalue weighted by Crippen LogP contribution is 2.18. The van der Waals surface area contributed by atoms with Crippen molar-refractivity contribution in [2.75, 3.05) is 26.0 Å². The van der Waals surface area contributed by atoms with E-state index >= 15 is 0 Å². The molecule has 1 rings (SSSR count). The molecule has 0 saturated carbocycles. The summed E-state index contributed by atoms with van der Waals surface area (Å²) >= 11 is 1.75. The zero-order valence-electron chi connectivity index (χ0n) is 10.9. The Morgan fingerprint density at radius 1 is 1.12 bits per heavy atom. The van der Waals surface area contributed by atoms with Crippen LogP contribution < -0.4 is 10.1 Å². The second-order valence-corrected chi connectivity index (χ2v) is 4.86. The molecule has 0 heterocycles. The molecule has 0 bridgehead atoms. The van der Waals surface area contributed by atoms with Gasteiger partial charge in [-0.05, 0) is 62.9 Å². The third-order valence-corrected chi connectivity index (χ3v) is 3.25. The van der Waals surface area contributed by atoms with Crippen LogP contribution in [-0.4, -0.2) is 26.0 Å². The van der Waals surface area contributed by atoms with Crippen molar-refractivity contribution in [1.82, 2.24) is 5.32 Å². The van der Waals surface area contributed by atoms with E-state index in [0.717, 1.165) is 31.9 Å². The molecule has 2 nitrogen and oxygen atoms in total. The van der Waals surface area contributed by atoms with Crippen LogP contribution in [0.4, 0.5) is 0 Å². The van der Waals surface area contributed by atoms with Crippen LogP contribution in [0.25, 0.3) is 0 Å². The highest BCUT2D eigenvalue weighted by Gasteiger charge is 1.94. The molecule has 0 aliphatic rings. The van der Waals surface area contributed by atoms with Crippen molar-refractivity contribution in [3.63, 3.8) is 0 Å². The van der Waals surface area contributed by atoms with Crippen LogP contribution in [0.2, 0.25) is 0 Å². The first-order valence-corrected chi connectivity index (χ1v) is 7.57. The second-order valence-electron chi connectivity index (χ2n) is 3.98. The van der Waals surface area contributed by atoms with Crippen LogP contribution in [0.3, 0.4) is 0 Å². The van der Waals surface area contributed by atoms with Gasteiger partial charge in [-0.25, -0.2) is 0 Å². The van der Waals surface area contributed by atoms with Gasteiger partial charge >= 0.3 is 0 Å². The lowest BCUT2D eigenvalue weighted by atomic mass is 10.3. The van der Waals surface area contributed by atoms with Crippen molar-refractivity contribution >= 4 is 11.8 Å². The molecule has 1 aromatic rings. The molecule has 1 aromatic carbocycles. The first-order valence-electron chi connectivity index (χ1n) is 6.34. The number of nitrogens with one attached hydrogen (secondary N) is 1. The van der Waals surface area contributed by atoms with Gasteiger partial charge in [0.05, 0.1) is 6.61 Å². The minimum absolute atomic E-state index is 0.812. The number of hydrogen-bond acceptors (Lipinski definition) is 3. The van der Waals surface area contributed by atoms with Gasteiger partial charge in [0.25, 0.3) is 0 Å². The molecule has 17 heavy (non-hydrogen) atoms. The molecular weight excluding hydrogens is 230 g/mol. The summed E-state index contributed by atoms with van der Waals surface area (Å²) in [6.45, 7) is 5.22. The van der Waals surface area contributed by atoms with Crippen LogP contribution in [0.5, 0.6) is 5.75 Å². The quantitative estimate of drug-likeness (QED) is 0.537. The van der Waals surface area contributed by atoms with Gasteiger partial charge in [0.2, 0.25) is 0 Å². The summed E-state index contributed by atoms with van der Waals surface area (Å²) in [6, 6.07) is 8.29. The lowest BCUT2D eigenvalue weighted by Gasteiger charge is -2.07. The molecule has 0 saturated heterocycles. The second kappa shape index (κ2) is 9.37. The van der Waals surface area contributed by atoms with E-state index in [4.69, 9.17) is 4.74 Å². The number of thioether (sulfide) groups is 1. The third-order valence-electron chi connectivity index (χ3n) is 2.50. The summed E-state index contributed by atoms with van der Waals surface area (Å²) in [5.41, 5.74) is 0. The van der Waals surface area contributed by atoms with Crippen LogP contribution in [0.15, 0.2) is 29.2 Å². The van der Waals surface area contributed by atoms with Gasteiger partial charge in [0.15, 0.2) is 0 Å². The highest BCUT2D eigenvalue weighted by atomic mass is 32.2. The molecule has 0 aromatic heterocycles. The van der Waals surface area contributed by atoms with E-state index in [0.29, 0.717) is 0 Å². The van der Waals surface area contributed by atoms with Gasteiger partial charge in [0.1, 0.15) is 5.75 Å². The molecule has 96 valence electrons. The van der Waals surface area contributed by atoms with Gasteiger partial charge in [0, 0.05) is 4.90 Å². The third kappa shape index (κ3) is 6.59. The largest absolute Gasteiger partial charge is 0.494 e. The normalized spacial score (nSPS) is 10.5. The van der Waals surface area contributed by atoms with Gasteiger partial charge in [-0.15, -0.1) is 11.8 Å². The van der Waals surface area contributed by atoms with Gasteiger partial charge in [-0.2, -0.15) is 0 Å². The fourth-order valence-corrected chi connectivity index (χ4v) is 1.92. The lowest BCUT2D eigenvalue weighted by molar-refractivity contribution is 0.305. The SMILES string of the molecule is CCCNCCCCOc1ccc(SC)cc1. The topological polar surface area (TPSA) is 21.3 Å². The van der Waals surface area contributed by atoms with Gasteiger partial charge in [-0.3, -0.25) is 0 Å². The number of benzene rings is 1. The first kappa shape index (κ1) is 14.4. The number of ether oxygens (including phenoxy) is 1. The summed E-state index contributed by atoms with van der Waals surface area (Å²) in [7, 11) is 0. The molecule has 0 spiro atoms. The highest BCUT2D eigenvalue weighted by molar-refractivity contribution is 7.98. The smallest absolute Gasteiger partial charge is 0.119 e. The van der Waals surface area contributed by atoms with Crippen LogP contribution in [-0.2, 0) is 0 Å². The predicted octanol–water partition coefficient (Wildman–Crippen LogP) is 3.57. The molecule has 1 N–H and O–H groups in total. The van der Waals surface area contributed by atoms with Crippen molar-refractivity contribution < 1.29 is 4.74 Å². The summed E-state index contributed by atoms with van der Waals surface area (Å²) in [5, 5.41) is 3.39. The zero-order valence-corrected chi connectivity index (χ0v) is 11.7. The fourth-order valence-electron chi connectivity index (χ4n) is 1.52. The Hall–Kier alpha value is -0.670. The van der Waals surface area contributed by atoms with Crippen molar-refractivity contribution in [1.29, 1.82) is 0 Å². The number of hydrogen-bond donors (Lipinski definition) is 1. The summed E-state index contributed by atoms with van der Waals surface area (Å²) < 4.78 is 5.67. The first-order chi connectivity index (χ1) is 8.36. The molecule has 0 atom stereocenters. The maximum atomic E-state index is 5.67. The number of rotatable bonds is 9. The van der Waals surface area contributed by atoms with E-state index in [1.807, 2.05) is 12.1 Å². The number of unbranched alkanes of at least 4 members (excludes halogenated alkanes) is 1. The Morgan fingerprint density at radius 2 is 1.88 bits per heavy atom. The average Bonchev–Trinajstić information content (AvgIpc) is 2.38. The van der Waals surface area contributed by atoms with E-state index in [2.05, 4.69) is 30.6 Å². The van der Waals surface area contributed by atoms with Crippen LogP contribution in [0, 0.1) is 0 Å². The minimum atomic E-state index is 0.812. The lowest BCUT2D eigenvalue weighted by Crippen LogP contribution is -2.16. The molecule has 0 amide bonds. The Kier molecular flexibility index (Phi) is 7.93. The standard InChI is InChI=1S/C14H23NOS/c1-3-10-15-11-4-5-12-16-13-6-8-14(17-2)9-7-13/h6-9,15H,3-5,10-12H2,1-2H3. The van der Waals surface area contributed by atoms with E-state index < -0.39 is 0 Å². The zero-order chi connectivity index (χ0) is 12.3. The van der Waals surface area contributed by atoms with Gasteiger partial charge < -0.3 is 10.1 Å². The molecule has 0 aliphatic heterocycles. The van der Waals surface area contributed by atoms with E-state index in [1.54, 1.807) is 11.8 Å². The summed E-state index contributed by atoms with van der Waals surface area (Å²) in [6.07, 6.45) is 5.58. The molecule has 0 radical (unpaired) electrons. The maximum absolute atomic E-state index is 5.67. The Morgan fingerprint density at radius 3 is 2.53 bits per heavy atom. The Bertz CT molecular complexity index is 287. The van der Waals surface area contributed by atoms with Crippen molar-refractivity contribution in [2.45, 2.75) is 31.1 Å². The van der Waals surface area contributed by atoms with E-state index in [9.17, 15) is 0 Å². The molecular formula is C14H23NOS. The summed E-state index contributed by atoms with van der Waals surface area (Å²) in [5.74, 6) is 0.976. The van der Waals surface area contributed by atoms with E-state index in [-0.39, 0.29) is 0 Å². The minimum Gasteiger partial charge on any atom is -0.494 e. The van der Waals surface area contributed by atoms with Crippen molar-refractivity contribution in [3.8, 4) is 5.75 Å². The summed E-state index contributed by atoms with van der Waals surface area (Å²) in [4.78, 5) is 1.28. The van der Waals surface area contributed by atoms with Crippen molar-refractivity contribution in [3.05, 3.63) is 24.3 Å². The van der Waals surface area contributed by atoms with E-state index in [1.165, 1.54) is 17.7 Å². The maximum Gasteiger partial charge on any atom is 0.119 e. The van der Waals surface area contributed by atoms with Gasteiger partial charge in [-0.1, -0.05) is 6.92 Å². The molecule has 0 aliphatic carbocycles. The molecule has 0 unspecified atom stereocenters. The van der Waals surface area contributed by atoms with Crippen molar-refractivity contribution in [2.24, 2.45) is 0 Å². The molecule has 0 fully saturated rings. The molecule has 3 heteroatoms. The predicted molar refractivity (Wildman–Crippen MR) is 76.1 cm³/mol. The fraction of sp³-hybridized carbons (Fsp3) is 0.571. The Labute approximate surface area is 109 Å². The monoisotopic (exact) mass is 253 g/mol. The van der Waals surface area contributed by atoms with Crippen LogP contribution >= 0.6 is 11.8 Å². The average molecular weight is 253 g/mol. The van der Waals surface area contributed by atoms with Crippen LogP contribution in [0.1, 0.15) is 26.2 Å².